The van der Waals surface area contributed by atoms with Gasteiger partial charge < -0.3 is 14.8 Å². The Bertz CT molecular complexity index is 1550. The van der Waals surface area contributed by atoms with Gasteiger partial charge in [0.2, 0.25) is 0 Å². The van der Waals surface area contributed by atoms with E-state index in [1.54, 1.807) is 30.5 Å². The molecule has 2 N–H and O–H groups in total. The van der Waals surface area contributed by atoms with Crippen molar-refractivity contribution in [3.63, 3.8) is 0 Å². The summed E-state index contributed by atoms with van der Waals surface area (Å²) in [6.07, 6.45) is 1.72. The van der Waals surface area contributed by atoms with Gasteiger partial charge >= 0.3 is 0 Å². The maximum atomic E-state index is 14.2. The Labute approximate surface area is 214 Å². The number of carbonyl (C=O) groups excluding carboxylic acids is 2. The minimum atomic E-state index is -0.963. The molecule has 1 aliphatic rings. The molecule has 1 aromatic heterocycles. The van der Waals surface area contributed by atoms with E-state index in [2.05, 4.69) is 18.8 Å². The van der Waals surface area contributed by atoms with Crippen molar-refractivity contribution in [1.82, 2.24) is 4.98 Å². The average Bonchev–Trinajstić information content (AvgIpc) is 3.41. The molecule has 2 heterocycles. The number of halogens is 1. The van der Waals surface area contributed by atoms with Gasteiger partial charge in [0.1, 0.15) is 17.3 Å². The number of carbonyl (C=O) groups is 2. The van der Waals surface area contributed by atoms with Crippen molar-refractivity contribution in [3.8, 4) is 5.75 Å². The number of aliphatic hydroxyl groups is 1. The van der Waals surface area contributed by atoms with Crippen molar-refractivity contribution >= 4 is 34.0 Å². The molecule has 0 radical (unpaired) electrons. The highest BCUT2D eigenvalue weighted by Gasteiger charge is 2.47. The van der Waals surface area contributed by atoms with Crippen molar-refractivity contribution in [2.45, 2.75) is 26.8 Å². The fourth-order valence-corrected chi connectivity index (χ4v) is 4.71. The van der Waals surface area contributed by atoms with Crippen LogP contribution in [0.25, 0.3) is 16.7 Å². The van der Waals surface area contributed by atoms with Crippen LogP contribution in [-0.4, -0.2) is 28.4 Å². The third-order valence-corrected chi connectivity index (χ3v) is 6.47. The van der Waals surface area contributed by atoms with Gasteiger partial charge in [-0.2, -0.15) is 0 Å². The van der Waals surface area contributed by atoms with E-state index in [1.165, 1.54) is 23.1 Å². The lowest BCUT2D eigenvalue weighted by atomic mass is 9.94. The molecule has 7 heteroatoms. The van der Waals surface area contributed by atoms with Gasteiger partial charge in [-0.05, 0) is 60.9 Å². The van der Waals surface area contributed by atoms with E-state index >= 15 is 0 Å². The number of H-pyrrole nitrogens is 1. The Kier molecular flexibility index (Phi) is 6.29. The molecule has 5 rings (SSSR count). The van der Waals surface area contributed by atoms with Crippen molar-refractivity contribution in [2.75, 3.05) is 11.5 Å². The minimum Gasteiger partial charge on any atom is -0.507 e. The number of aromatic amines is 1. The van der Waals surface area contributed by atoms with E-state index in [9.17, 15) is 19.1 Å². The van der Waals surface area contributed by atoms with E-state index in [-0.39, 0.29) is 17.0 Å². The van der Waals surface area contributed by atoms with Crippen LogP contribution < -0.4 is 9.64 Å². The molecule has 0 bridgehead atoms. The Morgan fingerprint density at radius 1 is 1.08 bits per heavy atom. The molecule has 1 amide bonds. The predicted molar refractivity (Wildman–Crippen MR) is 141 cm³/mol. The normalized spacial score (nSPS) is 17.2. The number of para-hydroxylation sites is 1. The molecule has 0 saturated carbocycles. The number of fused-ring (bicyclic) bond motifs is 1. The summed E-state index contributed by atoms with van der Waals surface area (Å²) in [5.74, 6) is -1.48. The first kappa shape index (κ1) is 24.3. The number of nitrogens with zero attached hydrogens (tertiary/aromatic N) is 1. The number of ether oxygens (including phenoxy) is 1. The second kappa shape index (κ2) is 9.58. The molecule has 3 aromatic carbocycles. The maximum absolute atomic E-state index is 14.2. The van der Waals surface area contributed by atoms with Gasteiger partial charge in [0.15, 0.2) is 0 Å². The zero-order valence-electron chi connectivity index (χ0n) is 20.8. The van der Waals surface area contributed by atoms with Crippen LogP contribution in [0.2, 0.25) is 0 Å². The number of hydrogen-bond acceptors (Lipinski definition) is 4. The Hall–Kier alpha value is -4.39. The second-order valence-electron chi connectivity index (χ2n) is 9.62. The molecular formula is C30H27FN2O4. The number of aryl methyl sites for hydroxylation is 1. The zero-order chi connectivity index (χ0) is 26.3. The van der Waals surface area contributed by atoms with E-state index < -0.39 is 23.5 Å². The molecule has 188 valence electrons. The number of nitrogens with one attached hydrogen (secondary N) is 1. The molecule has 37 heavy (non-hydrogen) atoms. The van der Waals surface area contributed by atoms with Crippen molar-refractivity contribution in [1.29, 1.82) is 0 Å². The lowest BCUT2D eigenvalue weighted by Crippen LogP contribution is -2.29. The number of hydrogen-bond donors (Lipinski definition) is 2. The van der Waals surface area contributed by atoms with Gasteiger partial charge in [-0.25, -0.2) is 4.39 Å². The van der Waals surface area contributed by atoms with E-state index in [4.69, 9.17) is 4.74 Å². The number of rotatable bonds is 6. The standard InChI is InChI=1S/C30H27FN2O4/c1-17(2)16-37-25-12-11-19(13-18(25)3)28(34)26-27(23-15-32-24-10-5-4-9-22(23)24)33(30(36)29(26)35)21-8-6-7-20(31)14-21/h4-15,17,27,32,34H,16H2,1-3H3/b28-26+. The molecule has 1 saturated heterocycles. The Morgan fingerprint density at radius 3 is 2.59 bits per heavy atom. The van der Waals surface area contributed by atoms with Crippen LogP contribution >= 0.6 is 0 Å². The molecule has 1 atom stereocenters. The lowest BCUT2D eigenvalue weighted by Gasteiger charge is -2.25. The Balaban J connectivity index is 1.68. The second-order valence-corrected chi connectivity index (χ2v) is 9.62. The van der Waals surface area contributed by atoms with E-state index in [0.717, 1.165) is 16.5 Å². The molecule has 1 aliphatic heterocycles. The van der Waals surface area contributed by atoms with Crippen LogP contribution in [0.1, 0.15) is 36.6 Å². The molecule has 6 nitrogen and oxygen atoms in total. The third kappa shape index (κ3) is 4.37. The van der Waals surface area contributed by atoms with E-state index in [1.807, 2.05) is 31.2 Å². The average molecular weight is 499 g/mol. The molecule has 0 aliphatic carbocycles. The van der Waals surface area contributed by atoms with Crippen LogP contribution in [0.4, 0.5) is 10.1 Å². The fraction of sp³-hybridized carbons (Fsp3) is 0.200. The lowest BCUT2D eigenvalue weighted by molar-refractivity contribution is -0.132. The van der Waals surface area contributed by atoms with E-state index in [0.29, 0.717) is 29.4 Å². The summed E-state index contributed by atoms with van der Waals surface area (Å²) in [5, 5.41) is 12.2. The van der Waals surface area contributed by atoms with Crippen LogP contribution in [0.3, 0.4) is 0 Å². The summed E-state index contributed by atoms with van der Waals surface area (Å²) in [7, 11) is 0. The smallest absolute Gasteiger partial charge is 0.300 e. The summed E-state index contributed by atoms with van der Waals surface area (Å²) < 4.78 is 20.0. The monoisotopic (exact) mass is 498 g/mol. The zero-order valence-corrected chi connectivity index (χ0v) is 20.8. The molecule has 1 unspecified atom stereocenters. The minimum absolute atomic E-state index is 0.0609. The molecular weight excluding hydrogens is 471 g/mol. The van der Waals surface area contributed by atoms with Gasteiger partial charge in [0, 0.05) is 33.9 Å². The summed E-state index contributed by atoms with van der Waals surface area (Å²) >= 11 is 0. The quantitative estimate of drug-likeness (QED) is 0.186. The van der Waals surface area contributed by atoms with Gasteiger partial charge in [-0.3, -0.25) is 14.5 Å². The number of benzene rings is 3. The first-order valence-electron chi connectivity index (χ1n) is 12.1. The number of amides is 1. The Morgan fingerprint density at radius 2 is 1.86 bits per heavy atom. The van der Waals surface area contributed by atoms with Gasteiger partial charge in [0.25, 0.3) is 11.7 Å². The summed E-state index contributed by atoms with van der Waals surface area (Å²) in [6.45, 7) is 6.51. The largest absolute Gasteiger partial charge is 0.507 e. The SMILES string of the molecule is Cc1cc(/C(O)=C2\C(=O)C(=O)N(c3cccc(F)c3)C2c2c[nH]c3ccccc23)ccc1OCC(C)C. The fourth-order valence-electron chi connectivity index (χ4n) is 4.71. The number of Topliss-reactive ketones (excluding diaryl/α,β-unsaturated/α-hetero) is 1. The summed E-state index contributed by atoms with van der Waals surface area (Å²) in [4.78, 5) is 31.2. The highest BCUT2D eigenvalue weighted by atomic mass is 19.1. The third-order valence-electron chi connectivity index (χ3n) is 6.47. The highest BCUT2D eigenvalue weighted by Crippen LogP contribution is 2.44. The van der Waals surface area contributed by atoms with Crippen LogP contribution in [0.15, 0.2) is 78.5 Å². The number of aliphatic hydroxyl groups excluding tert-OH is 1. The molecule has 0 spiro atoms. The first-order valence-corrected chi connectivity index (χ1v) is 12.1. The number of anilines is 1. The number of aromatic nitrogens is 1. The maximum Gasteiger partial charge on any atom is 0.300 e. The first-order chi connectivity index (χ1) is 17.8. The van der Waals surface area contributed by atoms with Crippen LogP contribution in [0.5, 0.6) is 5.75 Å². The predicted octanol–water partition coefficient (Wildman–Crippen LogP) is 6.28. The van der Waals surface area contributed by atoms with Crippen molar-refractivity contribution in [2.24, 2.45) is 5.92 Å². The topological polar surface area (TPSA) is 82.6 Å². The van der Waals surface area contributed by atoms with Crippen LogP contribution in [-0.2, 0) is 9.59 Å². The molecule has 1 fully saturated rings. The van der Waals surface area contributed by atoms with Crippen molar-refractivity contribution < 1.29 is 23.8 Å². The van der Waals surface area contributed by atoms with Crippen LogP contribution in [0, 0.1) is 18.7 Å². The summed E-state index contributed by atoms with van der Waals surface area (Å²) in [6, 6.07) is 17.2. The van der Waals surface area contributed by atoms with Gasteiger partial charge in [0.05, 0.1) is 18.2 Å². The highest BCUT2D eigenvalue weighted by molar-refractivity contribution is 6.51. The van der Waals surface area contributed by atoms with Crippen molar-refractivity contribution in [3.05, 3.63) is 101 Å². The summed E-state index contributed by atoms with van der Waals surface area (Å²) in [5.41, 5.74) is 2.77. The van der Waals surface area contributed by atoms with Gasteiger partial charge in [-0.15, -0.1) is 0 Å². The molecule has 4 aromatic rings. The van der Waals surface area contributed by atoms with Gasteiger partial charge in [-0.1, -0.05) is 38.1 Å². The number of ketones is 1.